The molecule has 0 fully saturated rings. The zero-order valence-corrected chi connectivity index (χ0v) is 10.3. The maximum atomic E-state index is 11.5. The molecule has 0 saturated carbocycles. The van der Waals surface area contributed by atoms with Crippen LogP contribution in [0.2, 0.25) is 0 Å². The predicted molar refractivity (Wildman–Crippen MR) is 69.5 cm³/mol. The first-order valence-corrected chi connectivity index (χ1v) is 5.38. The Hall–Kier alpha value is -2.22. The third-order valence-electron chi connectivity index (χ3n) is 1.91. The molecule has 0 bridgehead atoms. The summed E-state index contributed by atoms with van der Waals surface area (Å²) in [6.45, 7) is 1.82. The molecule has 18 heavy (non-hydrogen) atoms. The van der Waals surface area contributed by atoms with Crippen molar-refractivity contribution in [2.75, 3.05) is 11.9 Å². The van der Waals surface area contributed by atoms with Gasteiger partial charge in [0.25, 0.3) is 5.69 Å². The van der Waals surface area contributed by atoms with Crippen molar-refractivity contribution in [3.63, 3.8) is 0 Å². The monoisotopic (exact) mass is 269 g/mol. The number of carbonyl (C=O) groups is 1. The van der Waals surface area contributed by atoms with E-state index in [0.29, 0.717) is 0 Å². The Balaban J connectivity index is 3.17. The van der Waals surface area contributed by atoms with Crippen LogP contribution in [-0.4, -0.2) is 22.6 Å². The minimum atomic E-state index is -0.646. The van der Waals surface area contributed by atoms with Crippen LogP contribution in [0, 0.1) is 10.1 Å². The maximum Gasteiger partial charge on any atom is 0.338 e. The van der Waals surface area contributed by atoms with Crippen molar-refractivity contribution in [3.8, 4) is 0 Å². The molecule has 0 aliphatic carbocycles. The van der Waals surface area contributed by atoms with Crippen LogP contribution in [0.5, 0.6) is 0 Å². The molecule has 0 saturated heterocycles. The number of esters is 1. The van der Waals surface area contributed by atoms with E-state index in [4.69, 9.17) is 10.5 Å². The summed E-state index contributed by atoms with van der Waals surface area (Å²) in [6, 6.07) is 3.73. The van der Waals surface area contributed by atoms with Gasteiger partial charge >= 0.3 is 5.97 Å². The molecule has 1 aromatic carbocycles. The molecular weight excluding hydrogens is 258 g/mol. The zero-order valence-electron chi connectivity index (χ0n) is 9.50. The molecule has 96 valence electrons. The third kappa shape index (κ3) is 3.67. The Morgan fingerprint density at radius 2 is 2.22 bits per heavy atom. The summed E-state index contributed by atoms with van der Waals surface area (Å²) < 4.78 is 4.77. The highest BCUT2D eigenvalue weighted by molar-refractivity contribution is 7.80. The van der Waals surface area contributed by atoms with Gasteiger partial charge in [0, 0.05) is 17.8 Å². The molecular formula is C10H11N3O4S. The summed E-state index contributed by atoms with van der Waals surface area (Å²) >= 11 is 4.63. The van der Waals surface area contributed by atoms with E-state index in [9.17, 15) is 14.9 Å². The van der Waals surface area contributed by atoms with E-state index in [0.717, 1.165) is 6.07 Å². The summed E-state index contributed by atoms with van der Waals surface area (Å²) in [4.78, 5) is 21.6. The predicted octanol–water partition coefficient (Wildman–Crippen LogP) is 1.43. The quantitative estimate of drug-likeness (QED) is 0.368. The number of carbonyl (C=O) groups excluding carboxylic acids is 1. The number of nitro benzene ring substituents is 1. The standard InChI is InChI=1S/C10H11N3O4S/c1-2-17-9(14)6-3-7(12-10(11)18)5-8(4-6)13(15)16/h3-5H,2H2,1H3,(H3,11,12,18). The van der Waals surface area contributed by atoms with Crippen molar-refractivity contribution in [2.45, 2.75) is 6.92 Å². The van der Waals surface area contributed by atoms with Crippen LogP contribution >= 0.6 is 12.2 Å². The van der Waals surface area contributed by atoms with Crippen LogP contribution in [-0.2, 0) is 4.74 Å². The lowest BCUT2D eigenvalue weighted by Gasteiger charge is -2.06. The lowest BCUT2D eigenvalue weighted by atomic mass is 10.1. The Kier molecular flexibility index (Phi) is 4.55. The summed E-state index contributed by atoms with van der Waals surface area (Å²) in [5.41, 5.74) is 5.34. The van der Waals surface area contributed by atoms with Gasteiger partial charge in [-0.3, -0.25) is 10.1 Å². The van der Waals surface area contributed by atoms with Crippen molar-refractivity contribution < 1.29 is 14.5 Å². The van der Waals surface area contributed by atoms with Crippen LogP contribution < -0.4 is 11.1 Å². The lowest BCUT2D eigenvalue weighted by Crippen LogP contribution is -2.19. The smallest absolute Gasteiger partial charge is 0.338 e. The Morgan fingerprint density at radius 3 is 2.72 bits per heavy atom. The lowest BCUT2D eigenvalue weighted by molar-refractivity contribution is -0.384. The third-order valence-corrected chi connectivity index (χ3v) is 2.01. The molecule has 0 aliphatic heterocycles. The molecule has 0 spiro atoms. The Labute approximate surface area is 108 Å². The van der Waals surface area contributed by atoms with E-state index >= 15 is 0 Å². The topological polar surface area (TPSA) is 107 Å². The highest BCUT2D eigenvalue weighted by Crippen LogP contribution is 2.21. The highest BCUT2D eigenvalue weighted by Gasteiger charge is 2.15. The first kappa shape index (κ1) is 13.8. The molecule has 8 heteroatoms. The average Bonchev–Trinajstić information content (AvgIpc) is 2.27. The molecule has 1 aromatic rings. The minimum Gasteiger partial charge on any atom is -0.462 e. The molecule has 0 aromatic heterocycles. The van der Waals surface area contributed by atoms with Crippen molar-refractivity contribution in [3.05, 3.63) is 33.9 Å². The van der Waals surface area contributed by atoms with Gasteiger partial charge < -0.3 is 15.8 Å². The number of anilines is 1. The molecule has 0 radical (unpaired) electrons. The number of hydrogen-bond donors (Lipinski definition) is 2. The molecule has 0 amide bonds. The number of thiocarbonyl (C=S) groups is 1. The highest BCUT2D eigenvalue weighted by atomic mass is 32.1. The van der Waals surface area contributed by atoms with Crippen LogP contribution in [0.15, 0.2) is 18.2 Å². The SMILES string of the molecule is CCOC(=O)c1cc(NC(N)=S)cc([N+](=O)[O-])c1. The Morgan fingerprint density at radius 1 is 1.56 bits per heavy atom. The van der Waals surface area contributed by atoms with E-state index < -0.39 is 10.9 Å². The normalized spacial score (nSPS) is 9.61. The molecule has 7 nitrogen and oxygen atoms in total. The van der Waals surface area contributed by atoms with Crippen molar-refractivity contribution in [2.24, 2.45) is 5.73 Å². The summed E-state index contributed by atoms with van der Waals surface area (Å²) in [6.07, 6.45) is 0. The second-order valence-electron chi connectivity index (χ2n) is 3.24. The summed E-state index contributed by atoms with van der Waals surface area (Å²) in [7, 11) is 0. The fourth-order valence-electron chi connectivity index (χ4n) is 1.26. The number of nitrogens with two attached hydrogens (primary N) is 1. The number of hydrogen-bond acceptors (Lipinski definition) is 5. The molecule has 1 rings (SSSR count). The fraction of sp³-hybridized carbons (Fsp3) is 0.200. The van der Waals surface area contributed by atoms with Crippen LogP contribution in [0.3, 0.4) is 0 Å². The average molecular weight is 269 g/mol. The van der Waals surface area contributed by atoms with E-state index in [1.54, 1.807) is 6.92 Å². The molecule has 0 heterocycles. The van der Waals surface area contributed by atoms with Crippen LogP contribution in [0.1, 0.15) is 17.3 Å². The molecule has 0 aliphatic rings. The number of nitrogens with one attached hydrogen (secondary N) is 1. The number of benzene rings is 1. The van der Waals surface area contributed by atoms with E-state index in [1.165, 1.54) is 12.1 Å². The minimum absolute atomic E-state index is 0.0506. The Bertz CT molecular complexity index is 504. The van der Waals surface area contributed by atoms with E-state index in [1.807, 2.05) is 0 Å². The second kappa shape index (κ2) is 5.92. The number of ether oxygens (including phenoxy) is 1. The first-order chi connectivity index (χ1) is 8.43. The van der Waals surface area contributed by atoms with Crippen molar-refractivity contribution in [1.29, 1.82) is 0 Å². The second-order valence-corrected chi connectivity index (χ2v) is 3.68. The van der Waals surface area contributed by atoms with Crippen LogP contribution in [0.4, 0.5) is 11.4 Å². The van der Waals surface area contributed by atoms with Crippen molar-refractivity contribution in [1.82, 2.24) is 0 Å². The van der Waals surface area contributed by atoms with Gasteiger partial charge in [-0.05, 0) is 25.2 Å². The van der Waals surface area contributed by atoms with E-state index in [-0.39, 0.29) is 28.7 Å². The van der Waals surface area contributed by atoms with Crippen molar-refractivity contribution >= 4 is 34.7 Å². The summed E-state index contributed by atoms with van der Waals surface area (Å²) in [5.74, 6) is -0.646. The van der Waals surface area contributed by atoms with Gasteiger partial charge in [-0.25, -0.2) is 4.79 Å². The van der Waals surface area contributed by atoms with Gasteiger partial charge in [0.2, 0.25) is 0 Å². The maximum absolute atomic E-state index is 11.5. The molecule has 0 unspecified atom stereocenters. The zero-order chi connectivity index (χ0) is 13.7. The van der Waals surface area contributed by atoms with Gasteiger partial charge in [0.15, 0.2) is 5.11 Å². The first-order valence-electron chi connectivity index (χ1n) is 4.97. The largest absolute Gasteiger partial charge is 0.462 e. The van der Waals surface area contributed by atoms with Crippen LogP contribution in [0.25, 0.3) is 0 Å². The number of nitro groups is 1. The van der Waals surface area contributed by atoms with Gasteiger partial charge in [-0.15, -0.1) is 0 Å². The van der Waals surface area contributed by atoms with Gasteiger partial charge in [0.05, 0.1) is 17.1 Å². The fourth-order valence-corrected chi connectivity index (χ4v) is 1.38. The van der Waals surface area contributed by atoms with E-state index in [2.05, 4.69) is 17.5 Å². The van der Waals surface area contributed by atoms with Gasteiger partial charge in [-0.2, -0.15) is 0 Å². The summed E-state index contributed by atoms with van der Waals surface area (Å²) in [5, 5.41) is 13.2. The number of rotatable bonds is 4. The number of nitrogens with zero attached hydrogens (tertiary/aromatic N) is 1. The van der Waals surface area contributed by atoms with Gasteiger partial charge in [0.1, 0.15) is 0 Å². The number of non-ortho nitro benzene ring substituents is 1. The molecule has 3 N–H and O–H groups in total. The molecule has 0 atom stereocenters. The van der Waals surface area contributed by atoms with Gasteiger partial charge in [-0.1, -0.05) is 0 Å².